The van der Waals surface area contributed by atoms with E-state index in [0.29, 0.717) is 0 Å². The quantitative estimate of drug-likeness (QED) is 0.614. The summed E-state index contributed by atoms with van der Waals surface area (Å²) < 4.78 is 9.57. The van der Waals surface area contributed by atoms with Crippen LogP contribution in [0.15, 0.2) is 53.9 Å². The maximum absolute atomic E-state index is 12.1. The van der Waals surface area contributed by atoms with E-state index in [-0.39, 0.29) is 18.0 Å². The largest absolute Gasteiger partial charge is 0.464 e. The number of allylic oxidation sites excluding steroid dienone is 2. The Morgan fingerprint density at radius 1 is 1.00 bits per heavy atom. The van der Waals surface area contributed by atoms with Crippen molar-refractivity contribution >= 4 is 18.0 Å². The van der Waals surface area contributed by atoms with Crippen LogP contribution in [0.1, 0.15) is 19.4 Å². The Labute approximate surface area is 140 Å². The average molecular weight is 332 g/mol. The molecule has 0 saturated heterocycles. The van der Waals surface area contributed by atoms with Crippen molar-refractivity contribution in [3.63, 3.8) is 0 Å². The second-order valence-corrected chi connectivity index (χ2v) is 4.54. The predicted octanol–water partition coefficient (Wildman–Crippen LogP) is 2.01. The molecule has 0 aromatic heterocycles. The Morgan fingerprint density at radius 2 is 1.62 bits per heavy atom. The van der Waals surface area contributed by atoms with E-state index in [1.807, 2.05) is 30.3 Å². The van der Waals surface area contributed by atoms with Crippen molar-refractivity contribution in [1.82, 2.24) is 10.6 Å². The van der Waals surface area contributed by atoms with Crippen LogP contribution >= 0.6 is 0 Å². The third kappa shape index (κ3) is 5.96. The lowest BCUT2D eigenvalue weighted by Gasteiger charge is -2.11. The molecule has 0 aliphatic rings. The summed E-state index contributed by atoms with van der Waals surface area (Å²) in [5.41, 5.74) is 0.749. The van der Waals surface area contributed by atoms with E-state index >= 15 is 0 Å². The summed E-state index contributed by atoms with van der Waals surface area (Å²) in [6.07, 6.45) is 2.01. The van der Waals surface area contributed by atoms with Crippen LogP contribution in [0.3, 0.4) is 0 Å². The molecule has 0 heterocycles. The van der Waals surface area contributed by atoms with Crippen LogP contribution in [0.4, 0.5) is 4.79 Å². The fraction of sp³-hybridized carbons (Fsp3) is 0.235. The number of ether oxygens (including phenoxy) is 2. The van der Waals surface area contributed by atoms with Gasteiger partial charge in [0.15, 0.2) is 0 Å². The van der Waals surface area contributed by atoms with Gasteiger partial charge in [-0.3, -0.25) is 10.1 Å². The monoisotopic (exact) mass is 332 g/mol. The summed E-state index contributed by atoms with van der Waals surface area (Å²) in [4.78, 5) is 35.3. The van der Waals surface area contributed by atoms with Crippen LogP contribution in [-0.2, 0) is 25.7 Å². The minimum atomic E-state index is -0.776. The number of rotatable bonds is 6. The third-order valence-corrected chi connectivity index (χ3v) is 2.92. The zero-order valence-corrected chi connectivity index (χ0v) is 13.8. The molecule has 0 saturated carbocycles. The van der Waals surface area contributed by atoms with Gasteiger partial charge in [-0.1, -0.05) is 42.5 Å². The summed E-state index contributed by atoms with van der Waals surface area (Å²) in [7, 11) is 1.20. The predicted molar refractivity (Wildman–Crippen MR) is 87.4 cm³/mol. The second kappa shape index (κ2) is 9.83. The SMILES string of the molecule is C/C=C(\NC(=O)OCc1ccccc1)C(=O)N/C(=C/C)C(=O)OC. The van der Waals surface area contributed by atoms with Gasteiger partial charge in [0.2, 0.25) is 0 Å². The molecular formula is C17H20N2O5. The van der Waals surface area contributed by atoms with E-state index in [1.54, 1.807) is 13.8 Å². The van der Waals surface area contributed by atoms with Crippen LogP contribution in [-0.4, -0.2) is 25.1 Å². The number of benzene rings is 1. The van der Waals surface area contributed by atoms with Crippen LogP contribution in [0, 0.1) is 0 Å². The summed E-state index contributed by atoms with van der Waals surface area (Å²) >= 11 is 0. The Bertz CT molecular complexity index is 650. The van der Waals surface area contributed by atoms with Crippen molar-refractivity contribution < 1.29 is 23.9 Å². The normalized spacial score (nSPS) is 11.5. The lowest BCUT2D eigenvalue weighted by molar-refractivity contribution is -0.137. The first-order valence-electron chi connectivity index (χ1n) is 7.21. The number of methoxy groups -OCH3 is 1. The van der Waals surface area contributed by atoms with Crippen molar-refractivity contribution in [1.29, 1.82) is 0 Å². The molecule has 0 aliphatic heterocycles. The molecule has 24 heavy (non-hydrogen) atoms. The van der Waals surface area contributed by atoms with Crippen LogP contribution in [0.5, 0.6) is 0 Å². The van der Waals surface area contributed by atoms with E-state index in [1.165, 1.54) is 19.3 Å². The number of alkyl carbamates (subject to hydrolysis) is 1. The van der Waals surface area contributed by atoms with Gasteiger partial charge in [-0.15, -0.1) is 0 Å². The van der Waals surface area contributed by atoms with E-state index in [9.17, 15) is 14.4 Å². The molecule has 1 aromatic rings. The van der Waals surface area contributed by atoms with Gasteiger partial charge in [-0.05, 0) is 19.4 Å². The number of hydrogen-bond acceptors (Lipinski definition) is 5. The van der Waals surface area contributed by atoms with Gasteiger partial charge in [0, 0.05) is 0 Å². The summed E-state index contributed by atoms with van der Waals surface area (Å²) in [6.45, 7) is 3.22. The highest BCUT2D eigenvalue weighted by Gasteiger charge is 2.17. The van der Waals surface area contributed by atoms with Crippen molar-refractivity contribution in [3.05, 3.63) is 59.4 Å². The summed E-state index contributed by atoms with van der Waals surface area (Å²) in [6, 6.07) is 9.13. The van der Waals surface area contributed by atoms with Gasteiger partial charge in [0.05, 0.1) is 7.11 Å². The van der Waals surface area contributed by atoms with Gasteiger partial charge in [0.25, 0.3) is 5.91 Å². The molecule has 0 fully saturated rings. The molecule has 1 aromatic carbocycles. The minimum Gasteiger partial charge on any atom is -0.464 e. The molecule has 7 heteroatoms. The van der Waals surface area contributed by atoms with Crippen LogP contribution in [0.25, 0.3) is 0 Å². The molecule has 0 aliphatic carbocycles. The molecule has 0 bridgehead atoms. The standard InChI is InChI=1S/C17H20N2O5/c1-4-13(15(20)18-14(5-2)16(21)23-3)19-17(22)24-11-12-9-7-6-8-10-12/h4-10H,11H2,1-3H3,(H,18,20)(H,19,22)/b13-4-,14-5+. The molecule has 2 amide bonds. The molecule has 128 valence electrons. The van der Waals surface area contributed by atoms with E-state index in [0.717, 1.165) is 5.56 Å². The Morgan fingerprint density at radius 3 is 2.17 bits per heavy atom. The molecule has 1 rings (SSSR count). The van der Waals surface area contributed by atoms with Gasteiger partial charge < -0.3 is 14.8 Å². The Kier molecular flexibility index (Phi) is 7.77. The van der Waals surface area contributed by atoms with Gasteiger partial charge >= 0.3 is 12.1 Å². The van der Waals surface area contributed by atoms with Gasteiger partial charge in [0.1, 0.15) is 18.0 Å². The van der Waals surface area contributed by atoms with Crippen molar-refractivity contribution in [3.8, 4) is 0 Å². The summed E-state index contributed by atoms with van der Waals surface area (Å²) in [5, 5.41) is 4.69. The van der Waals surface area contributed by atoms with Crippen molar-refractivity contribution in [2.24, 2.45) is 0 Å². The van der Waals surface area contributed by atoms with Gasteiger partial charge in [-0.25, -0.2) is 9.59 Å². The van der Waals surface area contributed by atoms with Crippen LogP contribution < -0.4 is 10.6 Å². The number of hydrogen-bond donors (Lipinski definition) is 2. The van der Waals surface area contributed by atoms with Gasteiger partial charge in [-0.2, -0.15) is 0 Å². The van der Waals surface area contributed by atoms with E-state index in [2.05, 4.69) is 15.4 Å². The number of carbonyl (C=O) groups is 3. The molecule has 7 nitrogen and oxygen atoms in total. The smallest absolute Gasteiger partial charge is 0.412 e. The molecule has 0 spiro atoms. The topological polar surface area (TPSA) is 93.7 Å². The molecular weight excluding hydrogens is 312 g/mol. The molecule has 2 N–H and O–H groups in total. The zero-order valence-electron chi connectivity index (χ0n) is 13.8. The number of amides is 2. The second-order valence-electron chi connectivity index (χ2n) is 4.54. The van der Waals surface area contributed by atoms with E-state index in [4.69, 9.17) is 4.74 Å². The third-order valence-electron chi connectivity index (χ3n) is 2.92. The first-order chi connectivity index (χ1) is 11.5. The highest BCUT2D eigenvalue weighted by molar-refractivity contribution is 6.01. The molecule has 0 unspecified atom stereocenters. The highest BCUT2D eigenvalue weighted by Crippen LogP contribution is 2.02. The fourth-order valence-electron chi connectivity index (χ4n) is 1.67. The number of nitrogens with one attached hydrogen (secondary N) is 2. The lowest BCUT2D eigenvalue weighted by atomic mass is 10.2. The lowest BCUT2D eigenvalue weighted by Crippen LogP contribution is -2.36. The maximum Gasteiger partial charge on any atom is 0.412 e. The van der Waals surface area contributed by atoms with Crippen LogP contribution in [0.2, 0.25) is 0 Å². The molecule has 0 atom stereocenters. The maximum atomic E-state index is 12.1. The number of esters is 1. The van der Waals surface area contributed by atoms with Crippen molar-refractivity contribution in [2.75, 3.05) is 7.11 Å². The first-order valence-corrected chi connectivity index (χ1v) is 7.21. The molecule has 0 radical (unpaired) electrons. The minimum absolute atomic E-state index is 0.0266. The Balaban J connectivity index is 2.58. The number of carbonyl (C=O) groups excluding carboxylic acids is 3. The Hall–Kier alpha value is -3.09. The first kappa shape index (κ1) is 19.0. The highest BCUT2D eigenvalue weighted by atomic mass is 16.5. The zero-order chi connectivity index (χ0) is 17.9. The van der Waals surface area contributed by atoms with E-state index < -0.39 is 18.0 Å². The average Bonchev–Trinajstić information content (AvgIpc) is 2.62. The van der Waals surface area contributed by atoms with Crippen molar-refractivity contribution in [2.45, 2.75) is 20.5 Å². The summed E-state index contributed by atoms with van der Waals surface area (Å²) in [5.74, 6) is -1.35. The fourth-order valence-corrected chi connectivity index (χ4v) is 1.67.